The monoisotopic (exact) mass is 278 g/mol. The summed E-state index contributed by atoms with van der Waals surface area (Å²) in [5, 5.41) is 6.46. The van der Waals surface area contributed by atoms with Gasteiger partial charge < -0.3 is 10.2 Å². The first-order chi connectivity index (χ1) is 10.2. The number of benzene rings is 2. The number of carbonyl (C=O) groups is 1. The van der Waals surface area contributed by atoms with E-state index in [1.165, 1.54) is 7.11 Å². The molecule has 2 rings (SSSR count). The van der Waals surface area contributed by atoms with Crippen molar-refractivity contribution in [2.24, 2.45) is 5.16 Å². The normalized spacial score (nSPS) is 10.1. The summed E-state index contributed by atoms with van der Waals surface area (Å²) in [6, 6.07) is 14.2. The Morgan fingerprint density at radius 3 is 2.71 bits per heavy atom. The highest BCUT2D eigenvalue weighted by Gasteiger charge is 2.05. The summed E-state index contributed by atoms with van der Waals surface area (Å²) in [6.07, 6.45) is 6.90. The van der Waals surface area contributed by atoms with E-state index in [1.807, 2.05) is 0 Å². The molecule has 0 atom stereocenters. The van der Waals surface area contributed by atoms with Gasteiger partial charge in [0.2, 0.25) is 0 Å². The Bertz CT molecular complexity index is 697. The number of anilines is 1. The topological polar surface area (TPSA) is 50.7 Å². The van der Waals surface area contributed by atoms with Gasteiger partial charge in [-0.1, -0.05) is 29.3 Å². The van der Waals surface area contributed by atoms with E-state index in [-0.39, 0.29) is 5.91 Å². The molecule has 0 aromatic heterocycles. The van der Waals surface area contributed by atoms with E-state index in [0.717, 1.165) is 11.1 Å². The Morgan fingerprint density at radius 2 is 2.05 bits per heavy atom. The van der Waals surface area contributed by atoms with Gasteiger partial charge in [0.25, 0.3) is 5.91 Å². The molecule has 0 aliphatic rings. The maximum atomic E-state index is 12.1. The lowest BCUT2D eigenvalue weighted by Gasteiger charge is -2.06. The Balaban J connectivity index is 2.09. The Kier molecular flexibility index (Phi) is 4.73. The molecule has 2 aromatic carbocycles. The van der Waals surface area contributed by atoms with Gasteiger partial charge >= 0.3 is 0 Å². The third kappa shape index (κ3) is 3.95. The largest absolute Gasteiger partial charge is 0.399 e. The van der Waals surface area contributed by atoms with Gasteiger partial charge in [-0.3, -0.25) is 4.79 Å². The lowest BCUT2D eigenvalue weighted by atomic mass is 10.1. The van der Waals surface area contributed by atoms with Gasteiger partial charge in [-0.05, 0) is 35.9 Å². The Hall–Kier alpha value is -3.06. The van der Waals surface area contributed by atoms with Crippen LogP contribution in [0.5, 0.6) is 0 Å². The lowest BCUT2D eigenvalue weighted by Crippen LogP contribution is -2.11. The van der Waals surface area contributed by atoms with Crippen LogP contribution < -0.4 is 5.32 Å². The van der Waals surface area contributed by atoms with E-state index in [1.54, 1.807) is 54.7 Å². The number of rotatable bonds is 4. The molecule has 1 N–H and O–H groups in total. The van der Waals surface area contributed by atoms with E-state index < -0.39 is 0 Å². The van der Waals surface area contributed by atoms with Crippen molar-refractivity contribution >= 4 is 17.8 Å². The molecule has 2 aromatic rings. The van der Waals surface area contributed by atoms with Gasteiger partial charge in [0.05, 0.1) is 6.21 Å². The van der Waals surface area contributed by atoms with Gasteiger partial charge in [0, 0.05) is 16.8 Å². The summed E-state index contributed by atoms with van der Waals surface area (Å²) in [5.74, 6) is 2.33. The van der Waals surface area contributed by atoms with Crippen molar-refractivity contribution in [2.45, 2.75) is 0 Å². The fourth-order valence-electron chi connectivity index (χ4n) is 1.72. The van der Waals surface area contributed by atoms with E-state index in [2.05, 4.69) is 21.2 Å². The first kappa shape index (κ1) is 14.4. The molecule has 0 bridgehead atoms. The minimum absolute atomic E-state index is 0.195. The standard InChI is InChI=1S/C17H14N2O2/c1-3-13-5-4-6-16(11-13)19-17(20)15-9-7-14(8-10-15)12-18-21-2/h1,4-12H,2H3,(H,19,20)/b18-12+. The van der Waals surface area contributed by atoms with Crippen LogP contribution in [0, 0.1) is 12.3 Å². The molecule has 0 saturated carbocycles. The average molecular weight is 278 g/mol. The molecule has 0 aliphatic heterocycles. The zero-order valence-corrected chi connectivity index (χ0v) is 11.5. The maximum Gasteiger partial charge on any atom is 0.255 e. The second kappa shape index (κ2) is 6.92. The van der Waals surface area contributed by atoms with Crippen molar-refractivity contribution in [3.05, 3.63) is 65.2 Å². The van der Waals surface area contributed by atoms with E-state index in [0.29, 0.717) is 11.3 Å². The minimum atomic E-state index is -0.195. The molecule has 0 unspecified atom stereocenters. The van der Waals surface area contributed by atoms with E-state index >= 15 is 0 Å². The first-order valence-corrected chi connectivity index (χ1v) is 6.27. The molecule has 0 radical (unpaired) electrons. The van der Waals surface area contributed by atoms with Gasteiger partial charge in [0.1, 0.15) is 7.11 Å². The van der Waals surface area contributed by atoms with Crippen LogP contribution in [-0.2, 0) is 4.84 Å². The fourth-order valence-corrected chi connectivity index (χ4v) is 1.72. The summed E-state index contributed by atoms with van der Waals surface area (Å²) >= 11 is 0. The van der Waals surface area contributed by atoms with Crippen LogP contribution in [0.2, 0.25) is 0 Å². The first-order valence-electron chi connectivity index (χ1n) is 6.27. The molecule has 1 amide bonds. The summed E-state index contributed by atoms with van der Waals surface area (Å²) in [7, 11) is 1.47. The number of hydrogen-bond donors (Lipinski definition) is 1. The maximum absolute atomic E-state index is 12.1. The van der Waals surface area contributed by atoms with Crippen molar-refractivity contribution < 1.29 is 9.63 Å². The number of nitrogens with zero attached hydrogens (tertiary/aromatic N) is 1. The smallest absolute Gasteiger partial charge is 0.255 e. The number of hydrogen-bond acceptors (Lipinski definition) is 3. The molecule has 0 aliphatic carbocycles. The van der Waals surface area contributed by atoms with Gasteiger partial charge in [-0.15, -0.1) is 6.42 Å². The van der Waals surface area contributed by atoms with Gasteiger partial charge in [0.15, 0.2) is 0 Å². The van der Waals surface area contributed by atoms with Crippen LogP contribution >= 0.6 is 0 Å². The lowest BCUT2D eigenvalue weighted by molar-refractivity contribution is 0.102. The highest BCUT2D eigenvalue weighted by atomic mass is 16.6. The quantitative estimate of drug-likeness (QED) is 0.531. The average Bonchev–Trinajstić information content (AvgIpc) is 2.53. The number of oxime groups is 1. The van der Waals surface area contributed by atoms with Crippen LogP contribution in [0.3, 0.4) is 0 Å². The molecular formula is C17H14N2O2. The Morgan fingerprint density at radius 1 is 1.29 bits per heavy atom. The van der Waals surface area contributed by atoms with Crippen LogP contribution in [0.4, 0.5) is 5.69 Å². The van der Waals surface area contributed by atoms with Crippen LogP contribution in [0.15, 0.2) is 53.7 Å². The number of carbonyl (C=O) groups excluding carboxylic acids is 1. The van der Waals surface area contributed by atoms with Gasteiger partial charge in [-0.25, -0.2) is 0 Å². The van der Waals surface area contributed by atoms with Crippen molar-refractivity contribution in [1.82, 2.24) is 0 Å². The molecule has 0 saturated heterocycles. The zero-order chi connectivity index (χ0) is 15.1. The van der Waals surface area contributed by atoms with Crippen LogP contribution in [0.25, 0.3) is 0 Å². The second-order valence-electron chi connectivity index (χ2n) is 4.22. The summed E-state index contributed by atoms with van der Waals surface area (Å²) in [4.78, 5) is 16.7. The van der Waals surface area contributed by atoms with E-state index in [9.17, 15) is 4.79 Å². The molecule has 0 spiro atoms. The molecule has 21 heavy (non-hydrogen) atoms. The predicted molar refractivity (Wildman–Crippen MR) is 83.4 cm³/mol. The second-order valence-corrected chi connectivity index (χ2v) is 4.22. The van der Waals surface area contributed by atoms with Crippen LogP contribution in [-0.4, -0.2) is 19.2 Å². The molecule has 104 valence electrons. The SMILES string of the molecule is C#Cc1cccc(NC(=O)c2ccc(/C=N/OC)cc2)c1. The van der Waals surface area contributed by atoms with Crippen LogP contribution in [0.1, 0.15) is 21.5 Å². The molecular weight excluding hydrogens is 264 g/mol. The molecule has 4 nitrogen and oxygen atoms in total. The third-order valence-corrected chi connectivity index (χ3v) is 2.77. The zero-order valence-electron chi connectivity index (χ0n) is 11.5. The highest BCUT2D eigenvalue weighted by Crippen LogP contribution is 2.12. The summed E-state index contributed by atoms with van der Waals surface area (Å²) < 4.78 is 0. The molecule has 0 fully saturated rings. The highest BCUT2D eigenvalue weighted by molar-refractivity contribution is 6.04. The number of nitrogens with one attached hydrogen (secondary N) is 1. The van der Waals surface area contributed by atoms with Gasteiger partial charge in [-0.2, -0.15) is 0 Å². The van der Waals surface area contributed by atoms with Crippen molar-refractivity contribution in [3.8, 4) is 12.3 Å². The molecule has 4 heteroatoms. The van der Waals surface area contributed by atoms with Crippen molar-refractivity contribution in [2.75, 3.05) is 12.4 Å². The third-order valence-electron chi connectivity index (χ3n) is 2.77. The molecule has 0 heterocycles. The minimum Gasteiger partial charge on any atom is -0.399 e. The summed E-state index contributed by atoms with van der Waals surface area (Å²) in [5.41, 5.74) is 2.79. The van der Waals surface area contributed by atoms with E-state index in [4.69, 9.17) is 6.42 Å². The number of terminal acetylenes is 1. The Labute approximate surface area is 123 Å². The van der Waals surface area contributed by atoms with Crippen molar-refractivity contribution in [3.63, 3.8) is 0 Å². The predicted octanol–water partition coefficient (Wildman–Crippen LogP) is 2.90. The number of amides is 1. The van der Waals surface area contributed by atoms with Crippen molar-refractivity contribution in [1.29, 1.82) is 0 Å². The fraction of sp³-hybridized carbons (Fsp3) is 0.0588. The summed E-state index contributed by atoms with van der Waals surface area (Å²) in [6.45, 7) is 0.